The number of nitrogens with zero attached hydrogens (tertiary/aromatic N) is 3. The molecule has 0 fully saturated rings. The quantitative estimate of drug-likeness (QED) is 0.782. The number of primary amides is 1. The highest BCUT2D eigenvalue weighted by Gasteiger charge is 2.19. The Bertz CT molecular complexity index is 662. The lowest BCUT2D eigenvalue weighted by molar-refractivity contribution is -0.117. The second-order valence-corrected chi connectivity index (χ2v) is 6.17. The Labute approximate surface area is 138 Å². The smallest absolute Gasteiger partial charge is 0.231 e. The normalized spacial score (nSPS) is 12.1. The van der Waals surface area contributed by atoms with Crippen molar-refractivity contribution >= 4 is 29.3 Å². The molecule has 0 bridgehead atoms. The summed E-state index contributed by atoms with van der Waals surface area (Å²) in [6.45, 7) is 2.14. The number of benzene rings is 1. The van der Waals surface area contributed by atoms with Crippen LogP contribution in [0.15, 0.2) is 29.4 Å². The number of rotatable bonds is 7. The Balaban J connectivity index is 2.05. The van der Waals surface area contributed by atoms with Gasteiger partial charge < -0.3 is 15.0 Å². The summed E-state index contributed by atoms with van der Waals surface area (Å²) in [6.07, 6.45) is 0.637. The molecule has 0 radical (unpaired) electrons. The number of nitrogens with two attached hydrogens (primary N) is 1. The van der Waals surface area contributed by atoms with Crippen LogP contribution in [0.2, 0.25) is 5.02 Å². The van der Waals surface area contributed by atoms with Gasteiger partial charge in [-0.3, -0.25) is 4.79 Å². The molecule has 2 rings (SSSR count). The minimum Gasteiger partial charge on any atom is -0.484 e. The number of hydrogen-bond acceptors (Lipinski definition) is 5. The van der Waals surface area contributed by atoms with E-state index in [2.05, 4.69) is 10.2 Å². The van der Waals surface area contributed by atoms with Crippen LogP contribution in [-0.2, 0) is 18.4 Å². The number of carbonyl (C=O) groups is 1. The van der Waals surface area contributed by atoms with Gasteiger partial charge in [-0.15, -0.1) is 10.2 Å². The lowest BCUT2D eigenvalue weighted by Crippen LogP contribution is -2.25. The maximum atomic E-state index is 11.3. The Morgan fingerprint density at radius 3 is 2.82 bits per heavy atom. The largest absolute Gasteiger partial charge is 0.484 e. The van der Waals surface area contributed by atoms with Crippen molar-refractivity contribution < 1.29 is 9.53 Å². The molecule has 2 N–H and O–H groups in total. The second-order valence-electron chi connectivity index (χ2n) is 4.59. The number of hydrogen-bond donors (Lipinski definition) is 1. The van der Waals surface area contributed by atoms with Gasteiger partial charge in [0, 0.05) is 7.05 Å². The fourth-order valence-corrected chi connectivity index (χ4v) is 2.83. The molecule has 1 aromatic carbocycles. The minimum atomic E-state index is -0.357. The van der Waals surface area contributed by atoms with E-state index in [-0.39, 0.29) is 17.8 Å². The number of halogens is 1. The van der Waals surface area contributed by atoms with Crippen LogP contribution in [0.4, 0.5) is 0 Å². The van der Waals surface area contributed by atoms with E-state index >= 15 is 0 Å². The molecule has 0 unspecified atom stereocenters. The van der Waals surface area contributed by atoms with Gasteiger partial charge in [0.15, 0.2) is 11.0 Å². The first-order valence-electron chi connectivity index (χ1n) is 6.74. The summed E-state index contributed by atoms with van der Waals surface area (Å²) in [7, 11) is 1.82. The van der Waals surface area contributed by atoms with Crippen molar-refractivity contribution in [2.75, 3.05) is 0 Å². The van der Waals surface area contributed by atoms with Crippen LogP contribution in [0, 0.1) is 0 Å². The Morgan fingerprint density at radius 2 is 2.18 bits per heavy atom. The maximum Gasteiger partial charge on any atom is 0.231 e. The van der Waals surface area contributed by atoms with Crippen molar-refractivity contribution in [1.82, 2.24) is 14.8 Å². The molecule has 8 heteroatoms. The van der Waals surface area contributed by atoms with E-state index in [4.69, 9.17) is 22.1 Å². The molecule has 2 aromatic rings. The highest BCUT2D eigenvalue weighted by atomic mass is 35.5. The topological polar surface area (TPSA) is 83.0 Å². The van der Waals surface area contributed by atoms with Crippen LogP contribution >= 0.6 is 23.4 Å². The van der Waals surface area contributed by atoms with Crippen LogP contribution in [-0.4, -0.2) is 25.9 Å². The zero-order valence-corrected chi connectivity index (χ0v) is 13.9. The summed E-state index contributed by atoms with van der Waals surface area (Å²) in [4.78, 5) is 11.3. The fourth-order valence-electron chi connectivity index (χ4n) is 1.75. The highest BCUT2D eigenvalue weighted by molar-refractivity contribution is 8.00. The van der Waals surface area contributed by atoms with Crippen molar-refractivity contribution in [2.24, 2.45) is 12.8 Å². The van der Waals surface area contributed by atoms with Crippen LogP contribution < -0.4 is 10.5 Å². The van der Waals surface area contributed by atoms with E-state index in [9.17, 15) is 4.79 Å². The molecule has 0 aliphatic heterocycles. The van der Waals surface area contributed by atoms with Gasteiger partial charge in [0.1, 0.15) is 12.4 Å². The minimum absolute atomic E-state index is 0.237. The zero-order chi connectivity index (χ0) is 16.1. The van der Waals surface area contributed by atoms with Gasteiger partial charge in [0.25, 0.3) is 0 Å². The van der Waals surface area contributed by atoms with Crippen LogP contribution in [0.3, 0.4) is 0 Å². The average Bonchev–Trinajstić information content (AvgIpc) is 2.84. The number of aromatic nitrogens is 3. The first kappa shape index (κ1) is 16.6. The number of carbonyl (C=O) groups excluding carboxylic acids is 1. The van der Waals surface area contributed by atoms with Crippen LogP contribution in [0.25, 0.3) is 0 Å². The molecule has 1 atom stereocenters. The maximum absolute atomic E-state index is 11.3. The molecule has 0 aliphatic rings. The lowest BCUT2D eigenvalue weighted by atomic mass is 10.3. The third-order valence-corrected chi connectivity index (χ3v) is 4.78. The zero-order valence-electron chi connectivity index (χ0n) is 12.3. The monoisotopic (exact) mass is 340 g/mol. The molecule has 1 amide bonds. The number of para-hydroxylation sites is 1. The van der Waals surface area contributed by atoms with Crippen molar-refractivity contribution in [2.45, 2.75) is 30.4 Å². The molecular weight excluding hydrogens is 324 g/mol. The summed E-state index contributed by atoms with van der Waals surface area (Å²) < 4.78 is 7.42. The standard InChI is InChI=1S/C14H17ClN4O2S/c1-3-11(13(16)20)22-14-18-17-12(19(14)2)8-21-10-7-5-4-6-9(10)15/h4-7,11H,3,8H2,1-2H3,(H2,16,20)/t11-/m0/s1. The molecule has 0 saturated carbocycles. The highest BCUT2D eigenvalue weighted by Crippen LogP contribution is 2.26. The van der Waals surface area contributed by atoms with E-state index < -0.39 is 0 Å². The van der Waals surface area contributed by atoms with E-state index in [1.807, 2.05) is 26.1 Å². The van der Waals surface area contributed by atoms with E-state index in [1.54, 1.807) is 16.7 Å². The van der Waals surface area contributed by atoms with E-state index in [1.165, 1.54) is 11.8 Å². The Kier molecular flexibility index (Phi) is 5.68. The summed E-state index contributed by atoms with van der Waals surface area (Å²) in [5.74, 6) is 0.871. The molecule has 1 heterocycles. The molecule has 0 spiro atoms. The van der Waals surface area contributed by atoms with Gasteiger partial charge in [-0.2, -0.15) is 0 Å². The third-order valence-electron chi connectivity index (χ3n) is 3.05. The summed E-state index contributed by atoms with van der Waals surface area (Å²) in [5, 5.41) is 9.00. The number of ether oxygens (including phenoxy) is 1. The fraction of sp³-hybridized carbons (Fsp3) is 0.357. The summed E-state index contributed by atoms with van der Waals surface area (Å²) in [5.41, 5.74) is 5.35. The number of amides is 1. The van der Waals surface area contributed by atoms with Gasteiger partial charge >= 0.3 is 0 Å². The predicted molar refractivity (Wildman–Crippen MR) is 85.9 cm³/mol. The second kappa shape index (κ2) is 7.51. The lowest BCUT2D eigenvalue weighted by Gasteiger charge is -2.10. The first-order chi connectivity index (χ1) is 10.5. The first-order valence-corrected chi connectivity index (χ1v) is 8.00. The van der Waals surface area contributed by atoms with Gasteiger partial charge in [-0.25, -0.2) is 0 Å². The van der Waals surface area contributed by atoms with Crippen LogP contribution in [0.5, 0.6) is 5.75 Å². The van der Waals surface area contributed by atoms with Crippen molar-refractivity contribution in [3.63, 3.8) is 0 Å². The van der Waals surface area contributed by atoms with Crippen molar-refractivity contribution in [3.8, 4) is 5.75 Å². The van der Waals surface area contributed by atoms with Crippen molar-refractivity contribution in [1.29, 1.82) is 0 Å². The Hall–Kier alpha value is -1.73. The molecule has 0 saturated heterocycles. The van der Waals surface area contributed by atoms with E-state index in [0.29, 0.717) is 28.2 Å². The summed E-state index contributed by atoms with van der Waals surface area (Å²) in [6, 6.07) is 7.22. The molecule has 1 aromatic heterocycles. The number of thioether (sulfide) groups is 1. The predicted octanol–water partition coefficient (Wildman–Crippen LogP) is 2.40. The average molecular weight is 341 g/mol. The SMILES string of the molecule is CC[C@H](Sc1nnc(COc2ccccc2Cl)n1C)C(N)=O. The molecular formula is C14H17ClN4O2S. The third kappa shape index (κ3) is 3.92. The molecule has 0 aliphatic carbocycles. The van der Waals surface area contributed by atoms with E-state index in [0.717, 1.165) is 0 Å². The van der Waals surface area contributed by atoms with Crippen LogP contribution in [0.1, 0.15) is 19.2 Å². The Morgan fingerprint density at radius 1 is 1.45 bits per heavy atom. The summed E-state index contributed by atoms with van der Waals surface area (Å²) >= 11 is 7.34. The molecule has 6 nitrogen and oxygen atoms in total. The van der Waals surface area contributed by atoms with Gasteiger partial charge in [0.2, 0.25) is 5.91 Å². The van der Waals surface area contributed by atoms with Gasteiger partial charge in [-0.1, -0.05) is 42.4 Å². The molecule has 22 heavy (non-hydrogen) atoms. The molecule has 118 valence electrons. The van der Waals surface area contributed by atoms with Gasteiger partial charge in [-0.05, 0) is 18.6 Å². The van der Waals surface area contributed by atoms with Crippen molar-refractivity contribution in [3.05, 3.63) is 35.1 Å². The van der Waals surface area contributed by atoms with Gasteiger partial charge in [0.05, 0.1) is 10.3 Å².